The molecule has 0 spiro atoms. The number of carbonyl (C=O) groups excluding carboxylic acids is 1. The lowest BCUT2D eigenvalue weighted by Gasteiger charge is -2.34. The van der Waals surface area contributed by atoms with Crippen LogP contribution in [-0.4, -0.2) is 69.8 Å². The maximum atomic E-state index is 12.9. The van der Waals surface area contributed by atoms with Gasteiger partial charge in [-0.3, -0.25) is 19.1 Å². The van der Waals surface area contributed by atoms with Crippen molar-refractivity contribution in [2.75, 3.05) is 38.6 Å². The lowest BCUT2D eigenvalue weighted by molar-refractivity contribution is 0.0990. The first-order valence-electron chi connectivity index (χ1n) is 12.9. The van der Waals surface area contributed by atoms with Gasteiger partial charge in [0.1, 0.15) is 17.2 Å². The lowest BCUT2D eigenvalue weighted by atomic mass is 9.90. The largest absolute Gasteiger partial charge is 0.364 e. The number of imidazole rings is 1. The zero-order valence-corrected chi connectivity index (χ0v) is 21.2. The van der Waals surface area contributed by atoms with Gasteiger partial charge < -0.3 is 15.5 Å². The number of likely N-dealkylation sites (N-methyl/N-ethyl adjacent to an activating group) is 1. The maximum absolute atomic E-state index is 12.9. The number of aromatic nitrogens is 3. The van der Waals surface area contributed by atoms with Gasteiger partial charge in [0.05, 0.1) is 17.4 Å². The Morgan fingerprint density at radius 2 is 2.06 bits per heavy atom. The predicted octanol–water partition coefficient (Wildman–Crippen LogP) is 3.26. The van der Waals surface area contributed by atoms with Crippen LogP contribution in [0, 0.1) is 0 Å². The number of pyridine rings is 2. The van der Waals surface area contributed by atoms with Crippen LogP contribution in [0.1, 0.15) is 66.1 Å². The minimum Gasteiger partial charge on any atom is -0.364 e. The van der Waals surface area contributed by atoms with Gasteiger partial charge >= 0.3 is 0 Å². The molecule has 1 aliphatic carbocycles. The van der Waals surface area contributed by atoms with Crippen molar-refractivity contribution < 1.29 is 4.79 Å². The third-order valence-corrected chi connectivity index (χ3v) is 7.62. The highest BCUT2D eigenvalue weighted by Gasteiger charge is 2.31. The number of anilines is 1. The maximum Gasteiger partial charge on any atom is 0.267 e. The van der Waals surface area contributed by atoms with Gasteiger partial charge in [-0.2, -0.15) is 0 Å². The topological polar surface area (TPSA) is 83.0 Å². The first-order valence-corrected chi connectivity index (χ1v) is 12.9. The first kappa shape index (κ1) is 23.8. The molecule has 35 heavy (non-hydrogen) atoms. The summed E-state index contributed by atoms with van der Waals surface area (Å²) in [5, 5.41) is 0. The van der Waals surface area contributed by atoms with E-state index in [0.29, 0.717) is 18.3 Å². The van der Waals surface area contributed by atoms with E-state index in [2.05, 4.69) is 47.9 Å². The average molecular weight is 476 g/mol. The Balaban J connectivity index is 1.53. The molecule has 1 saturated heterocycles. The van der Waals surface area contributed by atoms with Crippen LogP contribution < -0.4 is 10.6 Å². The highest BCUT2D eigenvalue weighted by atomic mass is 16.1. The van der Waals surface area contributed by atoms with Crippen LogP contribution in [-0.2, 0) is 13.0 Å². The monoisotopic (exact) mass is 475 g/mol. The van der Waals surface area contributed by atoms with Gasteiger partial charge in [-0.05, 0) is 76.5 Å². The summed E-state index contributed by atoms with van der Waals surface area (Å²) in [6, 6.07) is 11.0. The Kier molecular flexibility index (Phi) is 6.75. The second-order valence-corrected chi connectivity index (χ2v) is 10.1. The number of aryl methyl sites for hydroxylation is 1. The molecule has 0 saturated carbocycles. The van der Waals surface area contributed by atoms with Crippen LogP contribution in [0.2, 0.25) is 0 Å². The Labute approximate surface area is 207 Å². The lowest BCUT2D eigenvalue weighted by Crippen LogP contribution is -2.33. The molecule has 2 aliphatic rings. The summed E-state index contributed by atoms with van der Waals surface area (Å²) < 4.78 is 1.98. The second kappa shape index (κ2) is 9.95. The summed E-state index contributed by atoms with van der Waals surface area (Å²) in [5.74, 6) is 0.563. The molecule has 3 aromatic rings. The van der Waals surface area contributed by atoms with E-state index in [0.717, 1.165) is 68.9 Å². The van der Waals surface area contributed by atoms with Crippen molar-refractivity contribution in [2.24, 2.45) is 5.73 Å². The van der Waals surface area contributed by atoms with Crippen molar-refractivity contribution in [3.8, 4) is 0 Å². The molecule has 2 N–H and O–H groups in total. The third kappa shape index (κ3) is 4.52. The number of hydrogen-bond donors (Lipinski definition) is 1. The summed E-state index contributed by atoms with van der Waals surface area (Å²) >= 11 is 0. The summed E-state index contributed by atoms with van der Waals surface area (Å²) in [6.07, 6.45) is 7.29. The average Bonchev–Trinajstić information content (AvgIpc) is 3.48. The van der Waals surface area contributed by atoms with E-state index in [1.165, 1.54) is 11.3 Å². The number of rotatable bonds is 8. The molecule has 0 radical (unpaired) electrons. The number of nitrogens with two attached hydrogens (primary N) is 1. The molecule has 0 bridgehead atoms. The van der Waals surface area contributed by atoms with Crippen molar-refractivity contribution >= 4 is 17.4 Å². The predicted molar refractivity (Wildman–Crippen MR) is 139 cm³/mol. The van der Waals surface area contributed by atoms with Crippen LogP contribution in [0.15, 0.2) is 36.5 Å². The number of carbonyl (C=O) groups is 1. The first-order chi connectivity index (χ1) is 17.0. The Morgan fingerprint density at radius 3 is 2.80 bits per heavy atom. The second-order valence-electron chi connectivity index (χ2n) is 10.1. The molecule has 3 aromatic heterocycles. The van der Waals surface area contributed by atoms with Gasteiger partial charge in [0.25, 0.3) is 5.91 Å². The molecule has 0 aromatic carbocycles. The van der Waals surface area contributed by atoms with E-state index in [-0.39, 0.29) is 6.04 Å². The Hall–Kier alpha value is -2.97. The van der Waals surface area contributed by atoms with Crippen molar-refractivity contribution in [1.29, 1.82) is 0 Å². The molecule has 186 valence electrons. The molecule has 1 fully saturated rings. The van der Waals surface area contributed by atoms with Crippen LogP contribution in [0.3, 0.4) is 0 Å². The van der Waals surface area contributed by atoms with E-state index in [9.17, 15) is 4.79 Å². The minimum absolute atomic E-state index is 0.226. The summed E-state index contributed by atoms with van der Waals surface area (Å²) in [6.45, 7) is 5.55. The van der Waals surface area contributed by atoms with Gasteiger partial charge in [-0.25, -0.2) is 4.98 Å². The molecule has 2 atom stereocenters. The molecular formula is C27H37N7O. The van der Waals surface area contributed by atoms with Gasteiger partial charge in [0, 0.05) is 31.9 Å². The van der Waals surface area contributed by atoms with Gasteiger partial charge in [-0.15, -0.1) is 0 Å². The number of amides is 1. The third-order valence-electron chi connectivity index (χ3n) is 7.62. The summed E-state index contributed by atoms with van der Waals surface area (Å²) in [4.78, 5) is 29.6. The standard InChI is InChI=1S/C27H37N7O/c1-4-15-32(22-10-5-8-19-9-7-14-29-25(19)22)18-21-26(27(28)35)34-23(30-21)11-6-12-24(34)33-16-13-20(17-33)31(2)3/h6-7,9,11-12,14,20,22H,4-5,8,10,13,15-18H2,1-3H3,(H2,28,35)/t20-,22+/m1/s1. The highest BCUT2D eigenvalue weighted by Crippen LogP contribution is 2.34. The van der Waals surface area contributed by atoms with Crippen LogP contribution in [0.5, 0.6) is 0 Å². The van der Waals surface area contributed by atoms with Crippen molar-refractivity contribution in [3.05, 3.63) is 59.2 Å². The SMILES string of the molecule is CCCN(Cc1nc2cccc(N3CC[C@@H](N(C)C)C3)n2c1C(N)=O)[C@H]1CCCc2cccnc21. The molecule has 0 unspecified atom stereocenters. The van der Waals surface area contributed by atoms with Crippen LogP contribution in [0.4, 0.5) is 5.82 Å². The van der Waals surface area contributed by atoms with E-state index < -0.39 is 5.91 Å². The summed E-state index contributed by atoms with van der Waals surface area (Å²) in [5.41, 5.74) is 10.6. The van der Waals surface area contributed by atoms with Crippen LogP contribution >= 0.6 is 0 Å². The minimum atomic E-state index is -0.429. The molecule has 1 aliphatic heterocycles. The normalized spacial score (nSPS) is 20.2. The van der Waals surface area contributed by atoms with Gasteiger partial charge in [0.2, 0.25) is 0 Å². The zero-order valence-electron chi connectivity index (χ0n) is 21.2. The van der Waals surface area contributed by atoms with Gasteiger partial charge in [0.15, 0.2) is 0 Å². The molecule has 8 nitrogen and oxygen atoms in total. The zero-order chi connectivity index (χ0) is 24.5. The Bertz CT molecular complexity index is 1200. The summed E-state index contributed by atoms with van der Waals surface area (Å²) in [7, 11) is 4.25. The fourth-order valence-electron chi connectivity index (χ4n) is 5.87. The smallest absolute Gasteiger partial charge is 0.267 e. The van der Waals surface area contributed by atoms with E-state index >= 15 is 0 Å². The number of nitrogens with zero attached hydrogens (tertiary/aromatic N) is 6. The molecule has 5 rings (SSSR count). The van der Waals surface area contributed by atoms with Crippen molar-refractivity contribution in [2.45, 2.75) is 57.7 Å². The molecule has 4 heterocycles. The van der Waals surface area contributed by atoms with E-state index in [1.807, 2.05) is 28.8 Å². The van der Waals surface area contributed by atoms with E-state index in [1.54, 1.807) is 0 Å². The van der Waals surface area contributed by atoms with Crippen molar-refractivity contribution in [3.63, 3.8) is 0 Å². The Morgan fingerprint density at radius 1 is 1.20 bits per heavy atom. The molecular weight excluding hydrogens is 438 g/mol. The number of primary amides is 1. The van der Waals surface area contributed by atoms with Gasteiger partial charge in [-0.1, -0.05) is 19.1 Å². The van der Waals surface area contributed by atoms with E-state index in [4.69, 9.17) is 15.7 Å². The van der Waals surface area contributed by atoms with Crippen LogP contribution in [0.25, 0.3) is 5.65 Å². The number of fused-ring (bicyclic) bond motifs is 2. The fraction of sp³-hybridized carbons (Fsp3) is 0.519. The molecule has 8 heteroatoms. The fourth-order valence-corrected chi connectivity index (χ4v) is 5.87. The number of hydrogen-bond acceptors (Lipinski definition) is 6. The highest BCUT2D eigenvalue weighted by molar-refractivity contribution is 5.94. The molecule has 1 amide bonds. The quantitative estimate of drug-likeness (QED) is 0.539. The van der Waals surface area contributed by atoms with Crippen molar-refractivity contribution in [1.82, 2.24) is 24.2 Å².